The maximum Gasteiger partial charge on any atom is 0.435 e. The summed E-state index contributed by atoms with van der Waals surface area (Å²) in [7, 11) is 0. The van der Waals surface area contributed by atoms with E-state index in [4.69, 9.17) is 5.11 Å². The van der Waals surface area contributed by atoms with E-state index in [-0.39, 0.29) is 9.50 Å². The van der Waals surface area contributed by atoms with Crippen LogP contribution in [0.15, 0.2) is 9.50 Å². The first kappa shape index (κ1) is 16.7. The summed E-state index contributed by atoms with van der Waals surface area (Å²) in [6.45, 7) is 5.46. The maximum absolute atomic E-state index is 12.8. The summed E-state index contributed by atoms with van der Waals surface area (Å²) in [6, 6.07) is 0. The van der Waals surface area contributed by atoms with Crippen molar-refractivity contribution in [3.05, 3.63) is 10.6 Å². The Hall–Kier alpha value is -1.69. The van der Waals surface area contributed by atoms with Gasteiger partial charge >= 0.3 is 12.1 Å². The Morgan fingerprint density at radius 1 is 1.32 bits per heavy atom. The van der Waals surface area contributed by atoms with E-state index in [0.717, 1.165) is 11.8 Å². The fourth-order valence-electron chi connectivity index (χ4n) is 1.42. The van der Waals surface area contributed by atoms with Crippen LogP contribution in [0.5, 0.6) is 0 Å². The minimum absolute atomic E-state index is 0.0926. The molecule has 0 aliphatic heterocycles. The average molecular weight is 353 g/mol. The number of carbonyl (C=O) groups is 1. The number of aromatic nitrogens is 5. The van der Waals surface area contributed by atoms with Gasteiger partial charge in [-0.1, -0.05) is 11.3 Å². The second-order valence-corrected chi connectivity index (χ2v) is 7.32. The number of nitrogens with zero attached hydrogens (tertiary/aromatic N) is 5. The third-order valence-electron chi connectivity index (χ3n) is 2.33. The summed E-state index contributed by atoms with van der Waals surface area (Å²) in [5, 5.41) is 20.1. The minimum atomic E-state index is -4.83. The van der Waals surface area contributed by atoms with Crippen LogP contribution in [-0.4, -0.2) is 36.3 Å². The van der Waals surface area contributed by atoms with E-state index >= 15 is 0 Å². The molecule has 2 aromatic heterocycles. The fourth-order valence-corrected chi connectivity index (χ4v) is 3.49. The van der Waals surface area contributed by atoms with E-state index in [0.29, 0.717) is 11.3 Å². The van der Waals surface area contributed by atoms with Gasteiger partial charge in [-0.05, 0) is 43.0 Å². The van der Waals surface area contributed by atoms with Crippen molar-refractivity contribution in [2.45, 2.75) is 42.0 Å². The molecule has 2 aromatic rings. The topological polar surface area (TPSA) is 93.8 Å². The highest BCUT2D eigenvalue weighted by Gasteiger charge is 2.40. The number of alkyl halides is 3. The number of hydrogen-bond acceptors (Lipinski definition) is 7. The molecule has 0 fully saturated rings. The normalized spacial score (nSPS) is 12.6. The highest BCUT2D eigenvalue weighted by atomic mass is 32.2. The van der Waals surface area contributed by atoms with E-state index in [9.17, 15) is 18.0 Å². The molecule has 22 heavy (non-hydrogen) atoms. The van der Waals surface area contributed by atoms with Crippen molar-refractivity contribution in [3.63, 3.8) is 0 Å². The average Bonchev–Trinajstić information content (AvgIpc) is 2.93. The molecule has 0 radical (unpaired) electrons. The van der Waals surface area contributed by atoms with Crippen LogP contribution in [0.3, 0.4) is 0 Å². The van der Waals surface area contributed by atoms with Crippen LogP contribution in [0.2, 0.25) is 0 Å². The number of thiazole rings is 1. The third kappa shape index (κ3) is 3.38. The van der Waals surface area contributed by atoms with Crippen LogP contribution < -0.4 is 0 Å². The van der Waals surface area contributed by atoms with E-state index in [2.05, 4.69) is 20.5 Å². The van der Waals surface area contributed by atoms with Crippen molar-refractivity contribution < 1.29 is 23.1 Å². The molecule has 0 aliphatic carbocycles. The zero-order chi connectivity index (χ0) is 16.7. The number of carboxylic acids is 1. The van der Waals surface area contributed by atoms with Gasteiger partial charge in [0.25, 0.3) is 0 Å². The zero-order valence-electron chi connectivity index (χ0n) is 11.5. The highest BCUT2D eigenvalue weighted by Crippen LogP contribution is 2.39. The lowest BCUT2D eigenvalue weighted by Gasteiger charge is -2.18. The zero-order valence-corrected chi connectivity index (χ0v) is 13.2. The molecule has 0 saturated carbocycles. The van der Waals surface area contributed by atoms with Crippen LogP contribution in [0, 0.1) is 0 Å². The number of aromatic carboxylic acids is 1. The molecule has 0 amide bonds. The van der Waals surface area contributed by atoms with Crippen molar-refractivity contribution >= 4 is 29.1 Å². The lowest BCUT2D eigenvalue weighted by Crippen LogP contribution is -2.24. The first-order valence-corrected chi connectivity index (χ1v) is 7.41. The first-order chi connectivity index (χ1) is 10.00. The van der Waals surface area contributed by atoms with Crippen LogP contribution in [0.1, 0.15) is 36.1 Å². The van der Waals surface area contributed by atoms with Crippen LogP contribution in [-0.2, 0) is 11.7 Å². The molecular weight excluding hydrogens is 343 g/mol. The largest absolute Gasteiger partial charge is 0.477 e. The Bertz CT molecular complexity index is 704. The molecule has 1 N–H and O–H groups in total. The highest BCUT2D eigenvalue weighted by molar-refractivity contribution is 8.00. The predicted molar refractivity (Wildman–Crippen MR) is 71.0 cm³/mol. The lowest BCUT2D eigenvalue weighted by atomic mass is 10.1. The summed E-state index contributed by atoms with van der Waals surface area (Å²) < 4.78 is 39.7. The van der Waals surface area contributed by atoms with Crippen molar-refractivity contribution in [2.75, 3.05) is 0 Å². The van der Waals surface area contributed by atoms with E-state index in [1.165, 1.54) is 4.68 Å². The van der Waals surface area contributed by atoms with E-state index < -0.39 is 28.3 Å². The molecule has 0 bridgehead atoms. The van der Waals surface area contributed by atoms with Gasteiger partial charge in [0, 0.05) is 0 Å². The Kier molecular flexibility index (Phi) is 4.17. The summed E-state index contributed by atoms with van der Waals surface area (Å²) in [6.07, 6.45) is -4.83. The second kappa shape index (κ2) is 5.50. The molecule has 2 rings (SSSR count). The summed E-state index contributed by atoms with van der Waals surface area (Å²) in [5.41, 5.74) is -1.90. The third-order valence-corrected chi connectivity index (χ3v) is 4.37. The first-order valence-electron chi connectivity index (χ1n) is 5.78. The van der Waals surface area contributed by atoms with Crippen molar-refractivity contribution in [2.24, 2.45) is 0 Å². The summed E-state index contributed by atoms with van der Waals surface area (Å²) in [5.74, 6) is -1.67. The summed E-state index contributed by atoms with van der Waals surface area (Å²) >= 11 is 1.22. The van der Waals surface area contributed by atoms with Crippen LogP contribution in [0.4, 0.5) is 13.2 Å². The Morgan fingerprint density at radius 3 is 2.41 bits per heavy atom. The number of carboxylic acid groups (broad SMARTS) is 1. The number of halogens is 3. The van der Waals surface area contributed by atoms with Gasteiger partial charge in [0.05, 0.1) is 5.54 Å². The molecule has 0 saturated heterocycles. The number of rotatable bonds is 3. The second-order valence-electron chi connectivity index (χ2n) is 5.11. The molecule has 0 aromatic carbocycles. The van der Waals surface area contributed by atoms with Gasteiger partial charge in [-0.25, -0.2) is 14.5 Å². The van der Waals surface area contributed by atoms with Crippen molar-refractivity contribution in [3.8, 4) is 0 Å². The quantitative estimate of drug-likeness (QED) is 0.907. The lowest BCUT2D eigenvalue weighted by molar-refractivity contribution is -0.141. The van der Waals surface area contributed by atoms with Crippen molar-refractivity contribution in [1.82, 2.24) is 25.2 Å². The summed E-state index contributed by atoms with van der Waals surface area (Å²) in [4.78, 5) is 13.4. The fraction of sp³-hybridized carbons (Fsp3) is 0.500. The molecule has 2 heterocycles. The molecule has 7 nitrogen and oxygen atoms in total. The van der Waals surface area contributed by atoms with Crippen molar-refractivity contribution in [1.29, 1.82) is 0 Å². The van der Waals surface area contributed by atoms with Crippen LogP contribution in [0.25, 0.3) is 0 Å². The van der Waals surface area contributed by atoms with Crippen LogP contribution >= 0.6 is 23.1 Å². The Morgan fingerprint density at radius 2 is 1.95 bits per heavy atom. The van der Waals surface area contributed by atoms with Gasteiger partial charge in [0.15, 0.2) is 10.0 Å². The van der Waals surface area contributed by atoms with Gasteiger partial charge in [0.1, 0.15) is 4.88 Å². The minimum Gasteiger partial charge on any atom is -0.477 e. The number of hydrogen-bond donors (Lipinski definition) is 1. The predicted octanol–water partition coefficient (Wildman–Crippen LogP) is 2.75. The van der Waals surface area contributed by atoms with Gasteiger partial charge in [-0.3, -0.25) is 0 Å². The van der Waals surface area contributed by atoms with E-state index in [1.807, 2.05) is 20.8 Å². The molecule has 0 aliphatic rings. The SMILES string of the molecule is CC(C)(C)n1nnnc1Sc1nc(C(F)(F)F)c(C(=O)O)s1. The van der Waals surface area contributed by atoms with Gasteiger partial charge in [-0.15, -0.1) is 5.10 Å². The maximum atomic E-state index is 12.8. The number of tetrazole rings is 1. The molecule has 0 atom stereocenters. The Labute approximate surface area is 130 Å². The van der Waals surface area contributed by atoms with Gasteiger partial charge in [0.2, 0.25) is 5.16 Å². The molecular formula is C10H10F3N5O2S2. The van der Waals surface area contributed by atoms with E-state index in [1.54, 1.807) is 0 Å². The molecule has 0 unspecified atom stereocenters. The standard InChI is InChI=1S/C10H10F3N5O2S2/c1-9(2,3)18-7(15-16-17-18)22-8-14-5(10(11,12)13)4(21-8)6(19)20/h1-3H3,(H,19,20). The Balaban J connectivity index is 2.40. The van der Waals surface area contributed by atoms with Gasteiger partial charge in [-0.2, -0.15) is 13.2 Å². The molecule has 0 spiro atoms. The molecule has 120 valence electrons. The smallest absolute Gasteiger partial charge is 0.435 e. The van der Waals surface area contributed by atoms with Gasteiger partial charge < -0.3 is 5.11 Å². The monoisotopic (exact) mass is 353 g/mol. The molecule has 12 heteroatoms.